The zero-order valence-corrected chi connectivity index (χ0v) is 14.5. The monoisotopic (exact) mass is 388 g/mol. The second-order valence-electron chi connectivity index (χ2n) is 4.49. The van der Waals surface area contributed by atoms with Crippen molar-refractivity contribution in [1.82, 2.24) is 0 Å². The van der Waals surface area contributed by atoms with E-state index < -0.39 is 5.97 Å². The van der Waals surface area contributed by atoms with Gasteiger partial charge in [-0.25, -0.2) is 4.79 Å². The highest BCUT2D eigenvalue weighted by atomic mass is 79.9. The van der Waals surface area contributed by atoms with Gasteiger partial charge in [-0.15, -0.1) is 11.3 Å². The SMILES string of the molecule is CCCc1cc(OCc2ccc(Br)cc2Cl)c(C(=O)O)s1. The summed E-state index contributed by atoms with van der Waals surface area (Å²) in [5.41, 5.74) is 0.819. The first kappa shape index (κ1) is 16.3. The lowest BCUT2D eigenvalue weighted by atomic mass is 10.2. The molecule has 2 aromatic rings. The molecule has 1 aromatic carbocycles. The molecule has 3 nitrogen and oxygen atoms in total. The van der Waals surface area contributed by atoms with Crippen LogP contribution in [-0.4, -0.2) is 11.1 Å². The minimum absolute atomic E-state index is 0.242. The van der Waals surface area contributed by atoms with Crippen molar-refractivity contribution in [2.75, 3.05) is 0 Å². The van der Waals surface area contributed by atoms with Crippen molar-refractivity contribution in [2.45, 2.75) is 26.4 Å². The lowest BCUT2D eigenvalue weighted by Crippen LogP contribution is -2.00. The van der Waals surface area contributed by atoms with Crippen molar-refractivity contribution < 1.29 is 14.6 Å². The normalized spacial score (nSPS) is 10.6. The van der Waals surface area contributed by atoms with Crippen LogP contribution < -0.4 is 4.74 Å². The Kier molecular flexibility index (Phi) is 5.67. The third-order valence-electron chi connectivity index (χ3n) is 2.84. The Labute approximate surface area is 140 Å². The lowest BCUT2D eigenvalue weighted by molar-refractivity contribution is 0.0697. The fraction of sp³-hybridized carbons (Fsp3) is 0.267. The van der Waals surface area contributed by atoms with E-state index >= 15 is 0 Å². The number of thiophene rings is 1. The number of benzene rings is 1. The Balaban J connectivity index is 2.16. The van der Waals surface area contributed by atoms with Gasteiger partial charge in [-0.2, -0.15) is 0 Å². The molecule has 0 amide bonds. The van der Waals surface area contributed by atoms with Crippen LogP contribution in [0.4, 0.5) is 0 Å². The minimum atomic E-state index is -0.959. The summed E-state index contributed by atoms with van der Waals surface area (Å²) in [6.45, 7) is 2.30. The quantitative estimate of drug-likeness (QED) is 0.720. The maximum absolute atomic E-state index is 11.3. The molecular weight excluding hydrogens is 376 g/mol. The predicted molar refractivity (Wildman–Crippen MR) is 88.8 cm³/mol. The molecule has 0 bridgehead atoms. The van der Waals surface area contributed by atoms with Gasteiger partial charge >= 0.3 is 5.97 Å². The summed E-state index contributed by atoms with van der Waals surface area (Å²) >= 11 is 10.7. The lowest BCUT2D eigenvalue weighted by Gasteiger charge is -2.07. The second-order valence-corrected chi connectivity index (χ2v) is 6.95. The molecule has 0 aliphatic rings. The summed E-state index contributed by atoms with van der Waals surface area (Å²) < 4.78 is 6.55. The number of carboxylic acids is 1. The van der Waals surface area contributed by atoms with Gasteiger partial charge in [-0.1, -0.05) is 46.9 Å². The topological polar surface area (TPSA) is 46.5 Å². The highest BCUT2D eigenvalue weighted by Gasteiger charge is 2.17. The van der Waals surface area contributed by atoms with Gasteiger partial charge in [-0.3, -0.25) is 0 Å². The molecule has 0 aliphatic carbocycles. The Bertz CT molecular complexity index is 654. The summed E-state index contributed by atoms with van der Waals surface area (Å²) in [5, 5.41) is 9.82. The van der Waals surface area contributed by atoms with E-state index in [1.165, 1.54) is 11.3 Å². The molecule has 0 atom stereocenters. The summed E-state index contributed by atoms with van der Waals surface area (Å²) in [6.07, 6.45) is 1.82. The molecule has 1 aromatic heterocycles. The number of aryl methyl sites for hydroxylation is 1. The molecule has 2 rings (SSSR count). The van der Waals surface area contributed by atoms with E-state index in [9.17, 15) is 9.90 Å². The zero-order chi connectivity index (χ0) is 15.4. The number of ether oxygens (including phenoxy) is 1. The predicted octanol–water partition coefficient (Wildman–Crippen LogP) is 5.39. The number of rotatable bonds is 6. The summed E-state index contributed by atoms with van der Waals surface area (Å²) in [4.78, 5) is 12.5. The molecule has 0 unspecified atom stereocenters. The van der Waals surface area contributed by atoms with E-state index in [2.05, 4.69) is 22.9 Å². The van der Waals surface area contributed by atoms with Crippen LogP contribution in [-0.2, 0) is 13.0 Å². The molecule has 0 radical (unpaired) electrons. The highest BCUT2D eigenvalue weighted by molar-refractivity contribution is 9.10. The Morgan fingerprint density at radius 2 is 2.19 bits per heavy atom. The van der Waals surface area contributed by atoms with E-state index in [0.29, 0.717) is 10.8 Å². The average Bonchev–Trinajstić information content (AvgIpc) is 2.81. The van der Waals surface area contributed by atoms with Gasteiger partial charge in [0.15, 0.2) is 4.88 Å². The highest BCUT2D eigenvalue weighted by Crippen LogP contribution is 2.31. The van der Waals surface area contributed by atoms with Crippen LogP contribution >= 0.6 is 38.9 Å². The molecule has 0 saturated carbocycles. The zero-order valence-electron chi connectivity index (χ0n) is 11.4. The van der Waals surface area contributed by atoms with Crippen LogP contribution in [0.2, 0.25) is 5.02 Å². The standard InChI is InChI=1S/C15H14BrClO3S/c1-2-3-11-7-13(14(21-11)15(18)19)20-8-9-4-5-10(16)6-12(9)17/h4-7H,2-3,8H2,1H3,(H,18,19). The fourth-order valence-corrected chi connectivity index (χ4v) is 3.61. The molecule has 6 heteroatoms. The van der Waals surface area contributed by atoms with Crippen molar-refractivity contribution in [1.29, 1.82) is 0 Å². The Morgan fingerprint density at radius 1 is 1.43 bits per heavy atom. The van der Waals surface area contributed by atoms with Crippen molar-refractivity contribution in [3.63, 3.8) is 0 Å². The van der Waals surface area contributed by atoms with Crippen molar-refractivity contribution in [3.8, 4) is 5.75 Å². The molecule has 1 N–H and O–H groups in total. The van der Waals surface area contributed by atoms with Crippen LogP contribution in [0, 0.1) is 0 Å². The Hall–Kier alpha value is -1.04. The van der Waals surface area contributed by atoms with Crippen LogP contribution in [0.15, 0.2) is 28.7 Å². The summed E-state index contributed by atoms with van der Waals surface area (Å²) in [6, 6.07) is 7.32. The molecule has 0 saturated heterocycles. The van der Waals surface area contributed by atoms with Gasteiger partial charge in [0.1, 0.15) is 12.4 Å². The van der Waals surface area contributed by atoms with Crippen molar-refractivity contribution in [3.05, 3.63) is 49.1 Å². The molecule has 0 spiro atoms. The largest absolute Gasteiger partial charge is 0.487 e. The van der Waals surface area contributed by atoms with Gasteiger partial charge < -0.3 is 9.84 Å². The maximum Gasteiger partial charge on any atom is 0.349 e. The number of hydrogen-bond acceptors (Lipinski definition) is 3. The van der Waals surface area contributed by atoms with Crippen molar-refractivity contribution in [2.24, 2.45) is 0 Å². The summed E-state index contributed by atoms with van der Waals surface area (Å²) in [7, 11) is 0. The van der Waals surface area contributed by atoms with Gasteiger partial charge in [-0.05, 0) is 24.6 Å². The van der Waals surface area contributed by atoms with Crippen LogP contribution in [0.3, 0.4) is 0 Å². The summed E-state index contributed by atoms with van der Waals surface area (Å²) in [5.74, 6) is -0.547. The first-order chi connectivity index (χ1) is 10.0. The van der Waals surface area contributed by atoms with E-state index in [0.717, 1.165) is 27.8 Å². The van der Waals surface area contributed by atoms with E-state index in [-0.39, 0.29) is 11.5 Å². The molecule has 1 heterocycles. The average molecular weight is 390 g/mol. The number of aromatic carboxylic acids is 1. The van der Waals surface area contributed by atoms with E-state index in [4.69, 9.17) is 16.3 Å². The first-order valence-corrected chi connectivity index (χ1v) is 8.42. The third-order valence-corrected chi connectivity index (χ3v) is 4.85. The van der Waals surface area contributed by atoms with Crippen LogP contribution in [0.1, 0.15) is 33.5 Å². The van der Waals surface area contributed by atoms with Gasteiger partial charge in [0.2, 0.25) is 0 Å². The number of hydrogen-bond donors (Lipinski definition) is 1. The molecule has 0 aliphatic heterocycles. The smallest absolute Gasteiger partial charge is 0.349 e. The number of halogens is 2. The maximum atomic E-state index is 11.3. The van der Waals surface area contributed by atoms with Gasteiger partial charge in [0.25, 0.3) is 0 Å². The van der Waals surface area contributed by atoms with Crippen molar-refractivity contribution >= 4 is 44.8 Å². The van der Waals surface area contributed by atoms with E-state index in [1.54, 1.807) is 6.07 Å². The Morgan fingerprint density at radius 3 is 2.81 bits per heavy atom. The fourth-order valence-electron chi connectivity index (χ4n) is 1.84. The number of carboxylic acid groups (broad SMARTS) is 1. The molecule has 112 valence electrons. The first-order valence-electron chi connectivity index (χ1n) is 6.44. The minimum Gasteiger partial charge on any atom is -0.487 e. The molecule has 21 heavy (non-hydrogen) atoms. The number of carbonyl (C=O) groups is 1. The van der Waals surface area contributed by atoms with E-state index in [1.807, 2.05) is 18.2 Å². The third kappa shape index (κ3) is 4.22. The van der Waals surface area contributed by atoms with Gasteiger partial charge in [0.05, 0.1) is 0 Å². The molecular formula is C15H14BrClO3S. The van der Waals surface area contributed by atoms with Crippen LogP contribution in [0.5, 0.6) is 5.75 Å². The second kappa shape index (κ2) is 7.29. The van der Waals surface area contributed by atoms with Crippen LogP contribution in [0.25, 0.3) is 0 Å². The molecule has 0 fully saturated rings. The van der Waals surface area contributed by atoms with Gasteiger partial charge in [0, 0.05) is 19.9 Å².